The number of para-hydroxylation sites is 2. The average Bonchev–Trinajstić information content (AvgIpc) is 2.70. The normalized spacial score (nSPS) is 11.0. The molecule has 3 rings (SSSR count). The van der Waals surface area contributed by atoms with E-state index >= 15 is 0 Å². The molecule has 0 atom stereocenters. The van der Waals surface area contributed by atoms with E-state index in [0.717, 1.165) is 5.69 Å². The van der Waals surface area contributed by atoms with Crippen molar-refractivity contribution in [3.05, 3.63) is 72.1 Å². The van der Waals surface area contributed by atoms with Crippen LogP contribution in [-0.4, -0.2) is 31.5 Å². The van der Waals surface area contributed by atoms with Crippen molar-refractivity contribution in [1.29, 1.82) is 0 Å². The third kappa shape index (κ3) is 4.64. The van der Waals surface area contributed by atoms with Gasteiger partial charge in [-0.15, -0.1) is 0 Å². The number of aryl methyl sites for hydroxylation is 1. The van der Waals surface area contributed by atoms with Crippen LogP contribution in [0.5, 0.6) is 11.5 Å². The summed E-state index contributed by atoms with van der Waals surface area (Å²) in [4.78, 5) is 16.3. The highest BCUT2D eigenvalue weighted by atomic mass is 32.2. The van der Waals surface area contributed by atoms with Crippen LogP contribution in [0.2, 0.25) is 0 Å². The Morgan fingerprint density at radius 2 is 1.83 bits per heavy atom. The molecule has 0 radical (unpaired) electrons. The van der Waals surface area contributed by atoms with Crippen molar-refractivity contribution in [2.24, 2.45) is 0 Å². The van der Waals surface area contributed by atoms with E-state index in [0.29, 0.717) is 5.75 Å². The van der Waals surface area contributed by atoms with E-state index in [2.05, 4.69) is 15.0 Å². The largest absolute Gasteiger partial charge is 0.506 e. The predicted molar refractivity (Wildman–Crippen MR) is 109 cm³/mol. The molecule has 1 amide bonds. The number of phenols is 1. The van der Waals surface area contributed by atoms with Gasteiger partial charge in [0.05, 0.1) is 28.9 Å². The lowest BCUT2D eigenvalue weighted by Gasteiger charge is -2.13. The van der Waals surface area contributed by atoms with Gasteiger partial charge in [0, 0.05) is 11.9 Å². The van der Waals surface area contributed by atoms with Crippen LogP contribution in [0.15, 0.2) is 65.7 Å². The van der Waals surface area contributed by atoms with Gasteiger partial charge in [-0.05, 0) is 49.4 Å². The molecule has 0 aliphatic heterocycles. The van der Waals surface area contributed by atoms with Gasteiger partial charge in [-0.25, -0.2) is 8.42 Å². The summed E-state index contributed by atoms with van der Waals surface area (Å²) >= 11 is 0. The average molecular weight is 413 g/mol. The molecule has 0 spiro atoms. The Kier molecular flexibility index (Phi) is 5.69. The van der Waals surface area contributed by atoms with Gasteiger partial charge in [0.25, 0.3) is 15.9 Å². The van der Waals surface area contributed by atoms with Gasteiger partial charge in [-0.2, -0.15) is 0 Å². The standard InChI is InChI=1S/C20H19N3O5S/c1-13-7-8-14(12-21-13)20(25)22-17-11-15(9-10-18(17)24)29(26,27)23-16-5-3-4-6-19(16)28-2/h3-12,23-24H,1-2H3,(H,22,25). The number of nitrogens with one attached hydrogen (secondary N) is 2. The lowest BCUT2D eigenvalue weighted by molar-refractivity contribution is 0.102. The molecule has 0 saturated carbocycles. The van der Waals surface area contributed by atoms with Crippen LogP contribution in [0.25, 0.3) is 0 Å². The summed E-state index contributed by atoms with van der Waals surface area (Å²) in [6.45, 7) is 1.79. The number of nitrogens with zero attached hydrogens (tertiary/aromatic N) is 1. The summed E-state index contributed by atoms with van der Waals surface area (Å²) in [5.41, 5.74) is 1.24. The number of methoxy groups -OCH3 is 1. The van der Waals surface area contributed by atoms with Gasteiger partial charge >= 0.3 is 0 Å². The van der Waals surface area contributed by atoms with Crippen LogP contribution in [0.1, 0.15) is 16.1 Å². The van der Waals surface area contributed by atoms with Gasteiger partial charge < -0.3 is 15.2 Å². The van der Waals surface area contributed by atoms with Crippen molar-refractivity contribution in [2.45, 2.75) is 11.8 Å². The number of hydrogen-bond acceptors (Lipinski definition) is 6. The molecule has 29 heavy (non-hydrogen) atoms. The SMILES string of the molecule is COc1ccccc1NS(=O)(=O)c1ccc(O)c(NC(=O)c2ccc(C)nc2)c1. The van der Waals surface area contributed by atoms with Gasteiger partial charge in [-0.1, -0.05) is 12.1 Å². The molecule has 3 aromatic rings. The first kappa shape index (κ1) is 20.2. The van der Waals surface area contributed by atoms with Crippen molar-refractivity contribution in [2.75, 3.05) is 17.1 Å². The number of ether oxygens (including phenoxy) is 1. The van der Waals surface area contributed by atoms with Crippen LogP contribution >= 0.6 is 0 Å². The van der Waals surface area contributed by atoms with Crippen molar-refractivity contribution in [1.82, 2.24) is 4.98 Å². The fourth-order valence-corrected chi connectivity index (χ4v) is 3.61. The third-order valence-electron chi connectivity index (χ3n) is 4.05. The smallest absolute Gasteiger partial charge is 0.262 e. The first-order chi connectivity index (χ1) is 13.8. The number of carbonyl (C=O) groups is 1. The number of pyridine rings is 1. The minimum Gasteiger partial charge on any atom is -0.506 e. The number of benzene rings is 2. The predicted octanol–water partition coefficient (Wildman–Crippen LogP) is 3.16. The van der Waals surface area contributed by atoms with Crippen molar-refractivity contribution < 1.29 is 23.1 Å². The molecule has 8 nitrogen and oxygen atoms in total. The number of rotatable bonds is 6. The van der Waals surface area contributed by atoms with E-state index in [1.165, 1.54) is 31.5 Å². The molecule has 0 aliphatic rings. The maximum atomic E-state index is 12.8. The van der Waals surface area contributed by atoms with Gasteiger partial charge in [-0.3, -0.25) is 14.5 Å². The second-order valence-electron chi connectivity index (χ2n) is 6.13. The monoisotopic (exact) mass is 413 g/mol. The number of carbonyl (C=O) groups excluding carboxylic acids is 1. The summed E-state index contributed by atoms with van der Waals surface area (Å²) in [7, 11) is -2.56. The first-order valence-electron chi connectivity index (χ1n) is 8.53. The number of sulfonamides is 1. The Balaban J connectivity index is 1.87. The van der Waals surface area contributed by atoms with E-state index in [4.69, 9.17) is 4.74 Å². The van der Waals surface area contributed by atoms with Crippen LogP contribution < -0.4 is 14.8 Å². The molecule has 0 aliphatic carbocycles. The van der Waals surface area contributed by atoms with Gasteiger partial charge in [0.2, 0.25) is 0 Å². The molecule has 1 heterocycles. The van der Waals surface area contributed by atoms with E-state index in [9.17, 15) is 18.3 Å². The Morgan fingerprint density at radius 3 is 2.52 bits per heavy atom. The minimum atomic E-state index is -4.00. The lowest BCUT2D eigenvalue weighted by atomic mass is 10.2. The molecule has 0 saturated heterocycles. The molecule has 3 N–H and O–H groups in total. The number of aromatic hydroxyl groups is 1. The van der Waals surface area contributed by atoms with Gasteiger partial charge in [0.15, 0.2) is 0 Å². The molecule has 0 fully saturated rings. The highest BCUT2D eigenvalue weighted by Gasteiger charge is 2.19. The number of anilines is 2. The Bertz CT molecular complexity index is 1150. The second-order valence-corrected chi connectivity index (χ2v) is 7.81. The Hall–Kier alpha value is -3.59. The number of phenolic OH excluding ortho intramolecular Hbond substituents is 1. The fourth-order valence-electron chi connectivity index (χ4n) is 2.51. The Labute approximate surface area is 168 Å². The van der Waals surface area contributed by atoms with E-state index in [1.807, 2.05) is 0 Å². The topological polar surface area (TPSA) is 118 Å². The van der Waals surface area contributed by atoms with Crippen LogP contribution in [-0.2, 0) is 10.0 Å². The highest BCUT2D eigenvalue weighted by Crippen LogP contribution is 2.30. The first-order valence-corrected chi connectivity index (χ1v) is 10.0. The van der Waals surface area contributed by atoms with E-state index in [-0.39, 0.29) is 27.6 Å². The van der Waals surface area contributed by atoms with Gasteiger partial charge in [0.1, 0.15) is 11.5 Å². The third-order valence-corrected chi connectivity index (χ3v) is 5.41. The molecule has 0 bridgehead atoms. The summed E-state index contributed by atoms with van der Waals surface area (Å²) in [6, 6.07) is 13.4. The molecular weight excluding hydrogens is 394 g/mol. The van der Waals surface area contributed by atoms with Crippen LogP contribution in [0, 0.1) is 6.92 Å². The zero-order valence-corrected chi connectivity index (χ0v) is 16.5. The summed E-state index contributed by atoms with van der Waals surface area (Å²) < 4.78 is 33.1. The van der Waals surface area contributed by atoms with Crippen molar-refractivity contribution in [3.63, 3.8) is 0 Å². The molecule has 0 unspecified atom stereocenters. The molecule has 9 heteroatoms. The summed E-state index contributed by atoms with van der Waals surface area (Å²) in [6.07, 6.45) is 1.39. The summed E-state index contributed by atoms with van der Waals surface area (Å²) in [5.74, 6) is -0.440. The second kappa shape index (κ2) is 8.19. The van der Waals surface area contributed by atoms with E-state index < -0.39 is 15.9 Å². The maximum absolute atomic E-state index is 12.8. The molecule has 1 aromatic heterocycles. The van der Waals surface area contributed by atoms with Crippen molar-refractivity contribution >= 4 is 27.3 Å². The molecular formula is C20H19N3O5S. The zero-order valence-electron chi connectivity index (χ0n) is 15.7. The van der Waals surface area contributed by atoms with E-state index in [1.54, 1.807) is 43.3 Å². The summed E-state index contributed by atoms with van der Waals surface area (Å²) in [5, 5.41) is 12.5. The molecule has 150 valence electrons. The Morgan fingerprint density at radius 1 is 1.07 bits per heavy atom. The quantitative estimate of drug-likeness (QED) is 0.534. The zero-order chi connectivity index (χ0) is 21.0. The fraction of sp³-hybridized carbons (Fsp3) is 0.100. The highest BCUT2D eigenvalue weighted by molar-refractivity contribution is 7.92. The van der Waals surface area contributed by atoms with Crippen LogP contribution in [0.4, 0.5) is 11.4 Å². The van der Waals surface area contributed by atoms with Crippen molar-refractivity contribution in [3.8, 4) is 11.5 Å². The minimum absolute atomic E-state index is 0.0431. The lowest BCUT2D eigenvalue weighted by Crippen LogP contribution is -2.15. The number of hydrogen-bond donors (Lipinski definition) is 3. The maximum Gasteiger partial charge on any atom is 0.262 e. The van der Waals surface area contributed by atoms with Crippen LogP contribution in [0.3, 0.4) is 0 Å². The molecule has 2 aromatic carbocycles. The number of amides is 1. The number of aromatic nitrogens is 1.